The largest absolute Gasteiger partial charge is 0.317 e. The maximum absolute atomic E-state index is 12.4. The van der Waals surface area contributed by atoms with Crippen LogP contribution < -0.4 is 10.0 Å². The quantitative estimate of drug-likeness (QED) is 0.860. The summed E-state index contributed by atoms with van der Waals surface area (Å²) in [5.41, 5.74) is -0.368. The molecule has 1 aromatic rings. The zero-order chi connectivity index (χ0) is 13.2. The molecule has 0 saturated carbocycles. The normalized spacial score (nSPS) is 18.8. The Morgan fingerprint density at radius 1 is 1.47 bits per heavy atom. The Bertz CT molecular complexity index is 509. The molecule has 0 amide bonds. The number of aryl methyl sites for hydroxylation is 1. The van der Waals surface area contributed by atoms with Crippen LogP contribution in [0.4, 0.5) is 0 Å². The van der Waals surface area contributed by atoms with E-state index in [1.54, 1.807) is 0 Å². The predicted octanol–water partition coefficient (Wildman–Crippen LogP) is 0.745. The van der Waals surface area contributed by atoms with Crippen LogP contribution in [-0.2, 0) is 16.6 Å². The van der Waals surface area contributed by atoms with Gasteiger partial charge in [0.15, 0.2) is 5.03 Å². The maximum atomic E-state index is 12.4. The second-order valence-electron chi connectivity index (χ2n) is 4.90. The van der Waals surface area contributed by atoms with Gasteiger partial charge in [-0.3, -0.25) is 4.68 Å². The van der Waals surface area contributed by atoms with E-state index in [4.69, 9.17) is 0 Å². The van der Waals surface area contributed by atoms with Gasteiger partial charge in [0.2, 0.25) is 0 Å². The summed E-state index contributed by atoms with van der Waals surface area (Å²) < 4.78 is 29.0. The second kappa shape index (κ2) is 6.21. The zero-order valence-electron chi connectivity index (χ0n) is 11.2. The first-order valence-corrected chi connectivity index (χ1v) is 7.72. The number of aromatic nitrogens is 2. The van der Waals surface area contributed by atoms with Gasteiger partial charge in [-0.2, -0.15) is 5.10 Å². The molecule has 0 spiro atoms. The summed E-state index contributed by atoms with van der Waals surface area (Å²) in [6.45, 7) is 6.05. The molecule has 1 aliphatic rings. The topological polar surface area (TPSA) is 76.0 Å². The zero-order valence-corrected chi connectivity index (χ0v) is 12.9. The van der Waals surface area contributed by atoms with Crippen molar-refractivity contribution in [3.8, 4) is 0 Å². The molecule has 2 rings (SSSR count). The Morgan fingerprint density at radius 3 is 2.68 bits per heavy atom. The Labute approximate surface area is 120 Å². The van der Waals surface area contributed by atoms with E-state index in [0.717, 1.165) is 25.9 Å². The fourth-order valence-electron chi connectivity index (χ4n) is 2.24. The van der Waals surface area contributed by atoms with E-state index >= 15 is 0 Å². The average Bonchev–Trinajstić information content (AvgIpc) is 2.77. The number of nitrogens with one attached hydrogen (secondary N) is 2. The molecule has 0 atom stereocenters. The number of halogens is 1. The van der Waals surface area contributed by atoms with Gasteiger partial charge in [-0.15, -0.1) is 12.4 Å². The summed E-state index contributed by atoms with van der Waals surface area (Å²) >= 11 is 0. The summed E-state index contributed by atoms with van der Waals surface area (Å²) in [5.74, 6) is 0. The van der Waals surface area contributed by atoms with Gasteiger partial charge in [0.05, 0.1) is 6.20 Å². The van der Waals surface area contributed by atoms with Crippen LogP contribution in [0.5, 0.6) is 0 Å². The molecule has 1 fully saturated rings. The predicted molar refractivity (Wildman–Crippen MR) is 76.0 cm³/mol. The molecule has 19 heavy (non-hydrogen) atoms. The van der Waals surface area contributed by atoms with Crippen LogP contribution >= 0.6 is 12.4 Å². The number of sulfonamides is 1. The van der Waals surface area contributed by atoms with E-state index in [2.05, 4.69) is 15.1 Å². The highest BCUT2D eigenvalue weighted by atomic mass is 35.5. The van der Waals surface area contributed by atoms with E-state index in [0.29, 0.717) is 6.54 Å². The highest BCUT2D eigenvalue weighted by molar-refractivity contribution is 7.89. The van der Waals surface area contributed by atoms with Gasteiger partial charge in [-0.1, -0.05) is 0 Å². The molecule has 8 heteroatoms. The van der Waals surface area contributed by atoms with Gasteiger partial charge in [0, 0.05) is 12.1 Å². The maximum Gasteiger partial charge on any atom is 0.258 e. The van der Waals surface area contributed by atoms with Gasteiger partial charge in [0.1, 0.15) is 0 Å². The van der Waals surface area contributed by atoms with Crippen LogP contribution in [-0.4, -0.2) is 36.8 Å². The van der Waals surface area contributed by atoms with E-state index in [9.17, 15) is 8.42 Å². The molecule has 1 saturated heterocycles. The molecule has 2 N–H and O–H groups in total. The summed E-state index contributed by atoms with van der Waals surface area (Å²) in [6.07, 6.45) is 3.11. The number of nitrogens with zero attached hydrogens (tertiary/aromatic N) is 2. The van der Waals surface area contributed by atoms with Crippen LogP contribution in [0.3, 0.4) is 0 Å². The second-order valence-corrected chi connectivity index (χ2v) is 6.53. The minimum atomic E-state index is -3.50. The van der Waals surface area contributed by atoms with Gasteiger partial charge in [0.25, 0.3) is 10.0 Å². The first kappa shape index (κ1) is 16.4. The van der Waals surface area contributed by atoms with Crippen LogP contribution in [0, 0.1) is 0 Å². The van der Waals surface area contributed by atoms with Crippen molar-refractivity contribution in [2.24, 2.45) is 0 Å². The Morgan fingerprint density at radius 2 is 2.11 bits per heavy atom. The van der Waals surface area contributed by atoms with Crippen molar-refractivity contribution in [3.05, 3.63) is 12.3 Å². The fraction of sp³-hybridized carbons (Fsp3) is 0.727. The van der Waals surface area contributed by atoms with Crippen molar-refractivity contribution in [2.75, 3.05) is 13.1 Å². The molecule has 6 nitrogen and oxygen atoms in total. The molecule has 0 bridgehead atoms. The molecule has 0 unspecified atom stereocenters. The minimum absolute atomic E-state index is 0. The fourth-order valence-corrected chi connectivity index (χ4v) is 3.89. The van der Waals surface area contributed by atoms with E-state index in [1.807, 2.05) is 13.8 Å². The van der Waals surface area contributed by atoms with Crippen LogP contribution in [0.25, 0.3) is 0 Å². The van der Waals surface area contributed by atoms with Gasteiger partial charge >= 0.3 is 0 Å². The van der Waals surface area contributed by atoms with Crippen LogP contribution in [0.1, 0.15) is 26.7 Å². The SMILES string of the molecule is CCn1nccc1S(=O)(=O)NC1(C)CCNCC1.Cl. The lowest BCUT2D eigenvalue weighted by molar-refractivity contribution is 0.307. The molecule has 110 valence electrons. The molecule has 1 aromatic heterocycles. The number of hydrogen-bond donors (Lipinski definition) is 2. The van der Waals surface area contributed by atoms with E-state index in [-0.39, 0.29) is 23.0 Å². The molecule has 1 aliphatic heterocycles. The van der Waals surface area contributed by atoms with E-state index < -0.39 is 10.0 Å². The van der Waals surface area contributed by atoms with Crippen molar-refractivity contribution in [1.82, 2.24) is 19.8 Å². The third-order valence-electron chi connectivity index (χ3n) is 3.34. The first-order valence-electron chi connectivity index (χ1n) is 6.23. The summed E-state index contributed by atoms with van der Waals surface area (Å²) in [7, 11) is -3.50. The van der Waals surface area contributed by atoms with Gasteiger partial charge < -0.3 is 5.32 Å². The third kappa shape index (κ3) is 3.68. The number of piperidine rings is 1. The number of rotatable bonds is 4. The molecule has 0 radical (unpaired) electrons. The van der Waals surface area contributed by atoms with Crippen LogP contribution in [0.2, 0.25) is 0 Å². The Kier molecular flexibility index (Phi) is 5.37. The molecule has 2 heterocycles. The van der Waals surface area contributed by atoms with Crippen LogP contribution in [0.15, 0.2) is 17.3 Å². The lowest BCUT2D eigenvalue weighted by Gasteiger charge is -2.34. The number of hydrogen-bond acceptors (Lipinski definition) is 4. The summed E-state index contributed by atoms with van der Waals surface area (Å²) in [6, 6.07) is 1.54. The highest BCUT2D eigenvalue weighted by Gasteiger charge is 2.33. The Balaban J connectivity index is 0.00000180. The summed E-state index contributed by atoms with van der Waals surface area (Å²) in [5, 5.41) is 7.47. The molecular formula is C11H21ClN4O2S. The van der Waals surface area contributed by atoms with Crippen molar-refractivity contribution in [2.45, 2.75) is 43.8 Å². The van der Waals surface area contributed by atoms with E-state index in [1.165, 1.54) is 16.9 Å². The highest BCUT2D eigenvalue weighted by Crippen LogP contribution is 2.21. The molecule has 0 aliphatic carbocycles. The monoisotopic (exact) mass is 308 g/mol. The summed E-state index contributed by atoms with van der Waals surface area (Å²) in [4.78, 5) is 0. The Hall–Kier alpha value is -0.630. The van der Waals surface area contributed by atoms with Crippen molar-refractivity contribution in [1.29, 1.82) is 0 Å². The van der Waals surface area contributed by atoms with Crippen molar-refractivity contribution in [3.63, 3.8) is 0 Å². The van der Waals surface area contributed by atoms with Crippen molar-refractivity contribution >= 4 is 22.4 Å². The molecule has 0 aromatic carbocycles. The van der Waals surface area contributed by atoms with Gasteiger partial charge in [-0.25, -0.2) is 13.1 Å². The molecular weight excluding hydrogens is 288 g/mol. The lowest BCUT2D eigenvalue weighted by atomic mass is 9.92. The van der Waals surface area contributed by atoms with Gasteiger partial charge in [-0.05, 0) is 45.8 Å². The smallest absolute Gasteiger partial charge is 0.258 e. The minimum Gasteiger partial charge on any atom is -0.317 e. The van der Waals surface area contributed by atoms with Crippen molar-refractivity contribution < 1.29 is 8.42 Å². The third-order valence-corrected chi connectivity index (χ3v) is 5.00. The average molecular weight is 309 g/mol. The first-order chi connectivity index (χ1) is 8.47. The standard InChI is InChI=1S/C11H20N4O2S.ClH/c1-3-15-10(4-7-13-15)18(16,17)14-11(2)5-8-12-9-6-11;/h4,7,12,14H,3,5-6,8-9H2,1-2H3;1H. The lowest BCUT2D eigenvalue weighted by Crippen LogP contribution is -2.52.